The van der Waals surface area contributed by atoms with Crippen LogP contribution >= 0.6 is 45.3 Å². The fourth-order valence-electron chi connectivity index (χ4n) is 9.42. The van der Waals surface area contributed by atoms with Crippen LogP contribution < -0.4 is 0 Å². The van der Waals surface area contributed by atoms with Gasteiger partial charge in [-0.2, -0.15) is 0 Å². The van der Waals surface area contributed by atoms with E-state index in [1.54, 1.807) is 11.3 Å². The average Bonchev–Trinajstić information content (AvgIpc) is 4.16. The van der Waals surface area contributed by atoms with Crippen LogP contribution in [0.5, 0.6) is 0 Å². The van der Waals surface area contributed by atoms with Gasteiger partial charge in [0.2, 0.25) is 0 Å². The van der Waals surface area contributed by atoms with E-state index >= 15 is 0 Å². The molecule has 0 fully saturated rings. The summed E-state index contributed by atoms with van der Waals surface area (Å²) >= 11 is 7.31. The fraction of sp³-hybridized carbons (Fsp3) is 0.569. The summed E-state index contributed by atoms with van der Waals surface area (Å²) in [6.45, 7) is 25.9. The number of carbonyl (C=O) groups excluding carboxylic acids is 1. The standard InChI is InChI=1S/C58H78O4S4/c1-12-18-21-22-23-24-31-60-56(59)47-35-43-53(64-47)54(66-55(43)58(10,11)17-6)46-34-41-49(44-29-27-39(61-44)32-37(15-4)25-19-13-2)52-42(36-48(65-52)57(7,8)9)50(51(41)63-46)45-30-28-40(62-45)33-38(16-5)26-20-14-3/h27-30,34-38H,12-26,31-33H2,1-11H3. The molecular formula is C58H78O4S4. The van der Waals surface area contributed by atoms with Crippen molar-refractivity contribution >= 4 is 81.6 Å². The van der Waals surface area contributed by atoms with Crippen molar-refractivity contribution in [2.75, 3.05) is 6.61 Å². The maximum Gasteiger partial charge on any atom is 0.348 e. The minimum absolute atomic E-state index is 0.0293. The number of thiophene rings is 4. The molecule has 2 unspecified atom stereocenters. The van der Waals surface area contributed by atoms with Crippen LogP contribution in [0.4, 0.5) is 0 Å². The molecule has 6 aromatic heterocycles. The number of hydrogen-bond acceptors (Lipinski definition) is 8. The molecule has 6 heterocycles. The zero-order valence-electron chi connectivity index (χ0n) is 42.2. The lowest BCUT2D eigenvalue weighted by atomic mass is 9.87. The number of fused-ring (bicyclic) bond motifs is 3. The topological polar surface area (TPSA) is 52.6 Å². The first-order valence-corrected chi connectivity index (χ1v) is 29.0. The Morgan fingerprint density at radius 1 is 0.606 bits per heavy atom. The Labute approximate surface area is 412 Å². The molecule has 1 aromatic carbocycles. The number of ether oxygens (including phenoxy) is 1. The molecule has 0 aliphatic heterocycles. The first kappa shape index (κ1) is 50.7. The highest BCUT2D eigenvalue weighted by Crippen LogP contribution is 2.56. The zero-order chi connectivity index (χ0) is 47.2. The third-order valence-electron chi connectivity index (χ3n) is 14.1. The first-order valence-electron chi connectivity index (χ1n) is 25.7. The van der Waals surface area contributed by atoms with Gasteiger partial charge in [-0.15, -0.1) is 45.3 Å². The Balaban J connectivity index is 1.41. The van der Waals surface area contributed by atoms with Gasteiger partial charge in [-0.05, 0) is 78.0 Å². The molecule has 4 nitrogen and oxygen atoms in total. The van der Waals surface area contributed by atoms with E-state index in [9.17, 15) is 4.79 Å². The second-order valence-electron chi connectivity index (χ2n) is 20.7. The maximum atomic E-state index is 13.7. The average molecular weight is 968 g/mol. The summed E-state index contributed by atoms with van der Waals surface area (Å²) < 4.78 is 23.6. The lowest BCUT2D eigenvalue weighted by Crippen LogP contribution is -2.13. The fourth-order valence-corrected chi connectivity index (χ4v) is 14.8. The Kier molecular flexibility index (Phi) is 17.3. The molecule has 7 aromatic rings. The molecule has 0 bridgehead atoms. The van der Waals surface area contributed by atoms with Crippen molar-refractivity contribution in [3.8, 4) is 32.4 Å². The minimum Gasteiger partial charge on any atom is -0.462 e. The number of benzene rings is 1. The van der Waals surface area contributed by atoms with Gasteiger partial charge in [0.05, 0.1) is 16.2 Å². The lowest BCUT2D eigenvalue weighted by molar-refractivity contribution is 0.0503. The maximum absolute atomic E-state index is 13.7. The van der Waals surface area contributed by atoms with Crippen molar-refractivity contribution in [3.63, 3.8) is 0 Å². The normalized spacial score (nSPS) is 13.5. The van der Waals surface area contributed by atoms with E-state index in [1.807, 2.05) is 34.0 Å². The molecule has 0 spiro atoms. The lowest BCUT2D eigenvalue weighted by Gasteiger charge is -2.21. The Morgan fingerprint density at radius 2 is 1.17 bits per heavy atom. The van der Waals surface area contributed by atoms with Crippen molar-refractivity contribution in [3.05, 3.63) is 68.6 Å². The van der Waals surface area contributed by atoms with Gasteiger partial charge in [-0.1, -0.05) is 160 Å². The summed E-state index contributed by atoms with van der Waals surface area (Å²) in [5, 5.41) is 3.64. The summed E-state index contributed by atoms with van der Waals surface area (Å²) in [7, 11) is 0. The summed E-state index contributed by atoms with van der Waals surface area (Å²) in [5.41, 5.74) is 2.28. The van der Waals surface area contributed by atoms with Gasteiger partial charge in [0, 0.05) is 64.2 Å². The van der Waals surface area contributed by atoms with Gasteiger partial charge in [0.15, 0.2) is 0 Å². The van der Waals surface area contributed by atoms with Crippen molar-refractivity contribution in [1.29, 1.82) is 0 Å². The number of unbranched alkanes of at least 4 members (excludes halogenated alkanes) is 7. The Morgan fingerprint density at radius 3 is 1.73 bits per heavy atom. The number of rotatable bonds is 25. The number of carbonyl (C=O) groups is 1. The molecule has 0 amide bonds. The van der Waals surface area contributed by atoms with Crippen LogP contribution in [0, 0.1) is 11.8 Å². The van der Waals surface area contributed by atoms with Crippen LogP contribution in [0.2, 0.25) is 0 Å². The predicted octanol–water partition coefficient (Wildman–Crippen LogP) is 20.6. The third-order valence-corrected chi connectivity index (χ3v) is 19.9. The molecule has 0 saturated heterocycles. The van der Waals surface area contributed by atoms with E-state index in [4.69, 9.17) is 13.6 Å². The predicted molar refractivity (Wildman–Crippen MR) is 291 cm³/mol. The molecule has 7 rings (SSSR count). The van der Waals surface area contributed by atoms with E-state index in [-0.39, 0.29) is 16.8 Å². The molecule has 0 N–H and O–H groups in total. The second-order valence-corrected chi connectivity index (χ2v) is 24.9. The van der Waals surface area contributed by atoms with E-state index < -0.39 is 0 Å². The largest absolute Gasteiger partial charge is 0.462 e. The highest BCUT2D eigenvalue weighted by Gasteiger charge is 2.32. The molecule has 0 aliphatic carbocycles. The van der Waals surface area contributed by atoms with Crippen LogP contribution in [0.1, 0.15) is 203 Å². The number of hydrogen-bond donors (Lipinski definition) is 0. The smallest absolute Gasteiger partial charge is 0.348 e. The highest BCUT2D eigenvalue weighted by atomic mass is 32.1. The van der Waals surface area contributed by atoms with Crippen molar-refractivity contribution < 1.29 is 18.4 Å². The van der Waals surface area contributed by atoms with Crippen molar-refractivity contribution in [2.45, 2.75) is 196 Å². The van der Waals surface area contributed by atoms with Crippen LogP contribution in [-0.4, -0.2) is 12.6 Å². The highest BCUT2D eigenvalue weighted by molar-refractivity contribution is 7.31. The van der Waals surface area contributed by atoms with Crippen LogP contribution in [-0.2, 0) is 28.4 Å². The molecule has 8 heteroatoms. The van der Waals surface area contributed by atoms with Crippen molar-refractivity contribution in [1.82, 2.24) is 0 Å². The summed E-state index contributed by atoms with van der Waals surface area (Å²) in [5.74, 6) is 5.07. The molecule has 0 aliphatic rings. The first-order chi connectivity index (χ1) is 31.7. The third kappa shape index (κ3) is 11.3. The molecule has 0 radical (unpaired) electrons. The summed E-state index contributed by atoms with van der Waals surface area (Å²) in [6, 6.07) is 16.0. The van der Waals surface area contributed by atoms with E-state index in [0.717, 1.165) is 68.0 Å². The molecule has 0 saturated carbocycles. The van der Waals surface area contributed by atoms with Gasteiger partial charge in [-0.25, -0.2) is 4.79 Å². The van der Waals surface area contributed by atoms with E-state index in [1.165, 1.54) is 125 Å². The molecule has 2 atom stereocenters. The van der Waals surface area contributed by atoms with Gasteiger partial charge >= 0.3 is 5.97 Å². The van der Waals surface area contributed by atoms with Crippen LogP contribution in [0.3, 0.4) is 0 Å². The minimum atomic E-state index is -0.195. The Bertz CT molecular complexity index is 2550. The molecule has 66 heavy (non-hydrogen) atoms. The van der Waals surface area contributed by atoms with Gasteiger partial charge < -0.3 is 13.6 Å². The Hall–Kier alpha value is -3.17. The number of esters is 1. The molecule has 358 valence electrons. The monoisotopic (exact) mass is 966 g/mol. The second kappa shape index (κ2) is 22.5. The van der Waals surface area contributed by atoms with Crippen LogP contribution in [0.15, 0.2) is 51.3 Å². The van der Waals surface area contributed by atoms with E-state index in [2.05, 4.69) is 119 Å². The van der Waals surface area contributed by atoms with Crippen LogP contribution in [0.25, 0.3) is 62.7 Å². The SMILES string of the molecule is CCCCCCCCOC(=O)c1cc2c(C(C)(C)CC)sc(-c3cc4c(-c5ccc(CC(CC)CCCC)o5)c5sc(C(C)(C)C)cc5c(-c5ccc(CC(CC)CCCC)o5)c4s3)c2s1. The quantitative estimate of drug-likeness (QED) is 0.0423. The zero-order valence-corrected chi connectivity index (χ0v) is 45.5. The molecular weight excluding hydrogens is 889 g/mol. The van der Waals surface area contributed by atoms with Gasteiger partial charge in [0.1, 0.15) is 27.9 Å². The summed E-state index contributed by atoms with van der Waals surface area (Å²) in [4.78, 5) is 19.6. The van der Waals surface area contributed by atoms with E-state index in [0.29, 0.717) is 23.3 Å². The number of furan rings is 2. The van der Waals surface area contributed by atoms with Crippen molar-refractivity contribution in [2.24, 2.45) is 11.8 Å². The summed E-state index contributed by atoms with van der Waals surface area (Å²) in [6.07, 6.45) is 19.6. The van der Waals surface area contributed by atoms with Gasteiger partial charge in [0.25, 0.3) is 0 Å². The van der Waals surface area contributed by atoms with Gasteiger partial charge in [-0.3, -0.25) is 0 Å².